The molecule has 1 aromatic carbocycles. The normalized spacial score (nSPS) is 10.4. The summed E-state index contributed by atoms with van der Waals surface area (Å²) in [6.07, 6.45) is 3.05. The minimum Gasteiger partial charge on any atom is -0.244 e. The maximum absolute atomic E-state index is 4.42. The van der Waals surface area contributed by atoms with Crippen LogP contribution in [0.4, 0.5) is 0 Å². The molecule has 0 aliphatic heterocycles. The van der Waals surface area contributed by atoms with Gasteiger partial charge in [0.25, 0.3) is 0 Å². The van der Waals surface area contributed by atoms with Crippen molar-refractivity contribution in [3.63, 3.8) is 0 Å². The number of benzene rings is 1. The van der Waals surface area contributed by atoms with Crippen LogP contribution in [0.3, 0.4) is 0 Å². The lowest BCUT2D eigenvalue weighted by molar-refractivity contribution is 1.17. The number of aromatic nitrogens is 1. The van der Waals surface area contributed by atoms with Crippen LogP contribution >= 0.6 is 11.3 Å². The molecule has 0 amide bonds. The Morgan fingerprint density at radius 1 is 1.36 bits per heavy atom. The first-order valence-corrected chi connectivity index (χ1v) is 5.63. The second kappa shape index (κ2) is 3.93. The van der Waals surface area contributed by atoms with Gasteiger partial charge in [0.2, 0.25) is 0 Å². The Morgan fingerprint density at radius 3 is 2.86 bits per heavy atom. The fourth-order valence-electron chi connectivity index (χ4n) is 1.38. The largest absolute Gasteiger partial charge is 0.244 e. The van der Waals surface area contributed by atoms with Crippen molar-refractivity contribution in [2.75, 3.05) is 0 Å². The molecule has 0 aliphatic carbocycles. The lowest BCUT2D eigenvalue weighted by Gasteiger charge is -1.96. The minimum absolute atomic E-state index is 1.07. The summed E-state index contributed by atoms with van der Waals surface area (Å²) in [5.41, 5.74) is 2.52. The molecule has 2 aromatic rings. The molecule has 72 valence electrons. The Bertz CT molecular complexity index is 431. The van der Waals surface area contributed by atoms with Crippen LogP contribution in [0.2, 0.25) is 0 Å². The van der Waals surface area contributed by atoms with Gasteiger partial charge in [-0.15, -0.1) is 11.3 Å². The number of thiazole rings is 1. The van der Waals surface area contributed by atoms with E-state index in [0.717, 1.165) is 11.4 Å². The van der Waals surface area contributed by atoms with Crippen LogP contribution in [-0.4, -0.2) is 4.98 Å². The smallest absolute Gasteiger partial charge is 0.123 e. The van der Waals surface area contributed by atoms with Gasteiger partial charge in [-0.25, -0.2) is 4.98 Å². The van der Waals surface area contributed by atoms with Gasteiger partial charge in [-0.3, -0.25) is 0 Å². The average Bonchev–Trinajstić information content (AvgIpc) is 2.66. The van der Waals surface area contributed by atoms with Crippen molar-refractivity contribution < 1.29 is 0 Å². The highest BCUT2D eigenvalue weighted by Crippen LogP contribution is 2.25. The van der Waals surface area contributed by atoms with Gasteiger partial charge >= 0.3 is 0 Å². The van der Waals surface area contributed by atoms with Crippen molar-refractivity contribution in [3.8, 4) is 10.6 Å². The van der Waals surface area contributed by atoms with Gasteiger partial charge in [0, 0.05) is 16.6 Å². The van der Waals surface area contributed by atoms with E-state index in [1.807, 2.05) is 6.20 Å². The second-order valence-corrected chi connectivity index (χ2v) is 4.47. The molecule has 0 spiro atoms. The zero-order valence-corrected chi connectivity index (χ0v) is 9.27. The summed E-state index contributed by atoms with van der Waals surface area (Å²) in [4.78, 5) is 5.77. The zero-order chi connectivity index (χ0) is 9.97. The third-order valence-corrected chi connectivity index (χ3v) is 3.36. The predicted molar refractivity (Wildman–Crippen MR) is 61.7 cm³/mol. The van der Waals surface area contributed by atoms with Crippen LogP contribution in [0.15, 0.2) is 30.5 Å². The zero-order valence-electron chi connectivity index (χ0n) is 8.45. The van der Waals surface area contributed by atoms with E-state index in [1.165, 1.54) is 16.0 Å². The number of aryl methyl sites for hydroxylation is 2. The molecule has 14 heavy (non-hydrogen) atoms. The number of hydrogen-bond acceptors (Lipinski definition) is 2. The van der Waals surface area contributed by atoms with Gasteiger partial charge in [-0.05, 0) is 19.4 Å². The highest BCUT2D eigenvalue weighted by molar-refractivity contribution is 7.15. The van der Waals surface area contributed by atoms with Crippen LogP contribution in [0.5, 0.6) is 0 Å². The first kappa shape index (κ1) is 9.41. The van der Waals surface area contributed by atoms with Gasteiger partial charge in [-0.1, -0.05) is 30.7 Å². The van der Waals surface area contributed by atoms with E-state index in [1.54, 1.807) is 11.3 Å². The fourth-order valence-corrected chi connectivity index (χ4v) is 2.23. The highest BCUT2D eigenvalue weighted by Gasteiger charge is 2.02. The predicted octanol–water partition coefficient (Wildman–Crippen LogP) is 3.68. The van der Waals surface area contributed by atoms with Crippen molar-refractivity contribution in [2.24, 2.45) is 0 Å². The first-order valence-electron chi connectivity index (χ1n) is 4.81. The maximum Gasteiger partial charge on any atom is 0.123 e. The van der Waals surface area contributed by atoms with Crippen molar-refractivity contribution in [2.45, 2.75) is 20.3 Å². The van der Waals surface area contributed by atoms with Crippen molar-refractivity contribution in [1.82, 2.24) is 4.98 Å². The molecule has 1 heterocycles. The number of nitrogens with zero attached hydrogens (tertiary/aromatic N) is 1. The Labute approximate surface area is 88.4 Å². The lowest BCUT2D eigenvalue weighted by Crippen LogP contribution is -1.76. The number of hydrogen-bond donors (Lipinski definition) is 0. The van der Waals surface area contributed by atoms with Crippen molar-refractivity contribution >= 4 is 11.3 Å². The molecule has 0 atom stereocenters. The molecule has 1 aromatic heterocycles. The third kappa shape index (κ3) is 1.85. The van der Waals surface area contributed by atoms with Crippen LogP contribution in [0.1, 0.15) is 17.4 Å². The molecule has 0 radical (unpaired) electrons. The van der Waals surface area contributed by atoms with Crippen LogP contribution in [0, 0.1) is 6.92 Å². The van der Waals surface area contributed by atoms with E-state index >= 15 is 0 Å². The highest BCUT2D eigenvalue weighted by atomic mass is 32.1. The van der Waals surface area contributed by atoms with E-state index in [2.05, 4.69) is 43.1 Å². The van der Waals surface area contributed by atoms with Gasteiger partial charge < -0.3 is 0 Å². The molecule has 2 heteroatoms. The molecule has 0 saturated carbocycles. The monoisotopic (exact) mass is 203 g/mol. The van der Waals surface area contributed by atoms with Crippen LogP contribution in [0.25, 0.3) is 10.6 Å². The Balaban J connectivity index is 2.39. The SMILES string of the molecule is CCc1cnc(-c2cccc(C)c2)s1. The quantitative estimate of drug-likeness (QED) is 0.725. The molecular formula is C12H13NS. The minimum atomic E-state index is 1.07. The van der Waals surface area contributed by atoms with Crippen molar-refractivity contribution in [3.05, 3.63) is 40.9 Å². The summed E-state index contributed by atoms with van der Waals surface area (Å²) in [7, 11) is 0. The molecule has 0 saturated heterocycles. The first-order chi connectivity index (χ1) is 6.79. The van der Waals surface area contributed by atoms with Crippen LogP contribution < -0.4 is 0 Å². The molecule has 2 rings (SSSR count). The molecule has 0 aliphatic rings. The van der Waals surface area contributed by atoms with Gasteiger partial charge in [0.1, 0.15) is 5.01 Å². The van der Waals surface area contributed by atoms with Gasteiger partial charge in [0.05, 0.1) is 0 Å². The summed E-state index contributed by atoms with van der Waals surface area (Å²) >= 11 is 1.78. The van der Waals surface area contributed by atoms with E-state index in [9.17, 15) is 0 Å². The third-order valence-electron chi connectivity index (χ3n) is 2.17. The Kier molecular flexibility index (Phi) is 2.64. The molecule has 1 nitrogen and oxygen atoms in total. The number of rotatable bonds is 2. The summed E-state index contributed by atoms with van der Waals surface area (Å²) < 4.78 is 0. The Morgan fingerprint density at radius 2 is 2.21 bits per heavy atom. The van der Waals surface area contributed by atoms with E-state index in [4.69, 9.17) is 0 Å². The molecule has 0 N–H and O–H groups in total. The summed E-state index contributed by atoms with van der Waals surface area (Å²) in [6, 6.07) is 8.49. The van der Waals surface area contributed by atoms with Crippen LogP contribution in [-0.2, 0) is 6.42 Å². The maximum atomic E-state index is 4.42. The second-order valence-electron chi connectivity index (χ2n) is 3.35. The van der Waals surface area contributed by atoms with Crippen molar-refractivity contribution in [1.29, 1.82) is 0 Å². The summed E-state index contributed by atoms with van der Waals surface area (Å²) in [5.74, 6) is 0. The standard InChI is InChI=1S/C12H13NS/c1-3-11-8-13-12(14-11)10-6-4-5-9(2)7-10/h4-8H,3H2,1-2H3. The van der Waals surface area contributed by atoms with Gasteiger partial charge in [-0.2, -0.15) is 0 Å². The van der Waals surface area contributed by atoms with E-state index < -0.39 is 0 Å². The Hall–Kier alpha value is -1.15. The average molecular weight is 203 g/mol. The summed E-state index contributed by atoms with van der Waals surface area (Å²) in [5, 5.41) is 1.13. The lowest BCUT2D eigenvalue weighted by atomic mass is 10.1. The molecule has 0 fully saturated rings. The fraction of sp³-hybridized carbons (Fsp3) is 0.250. The molecular weight excluding hydrogens is 190 g/mol. The van der Waals surface area contributed by atoms with Gasteiger partial charge in [0.15, 0.2) is 0 Å². The molecule has 0 bridgehead atoms. The topological polar surface area (TPSA) is 12.9 Å². The molecule has 0 unspecified atom stereocenters. The van der Waals surface area contributed by atoms with E-state index in [0.29, 0.717) is 0 Å². The summed E-state index contributed by atoms with van der Waals surface area (Å²) in [6.45, 7) is 4.27. The van der Waals surface area contributed by atoms with E-state index in [-0.39, 0.29) is 0 Å².